The van der Waals surface area contributed by atoms with Crippen molar-refractivity contribution in [2.24, 2.45) is 0 Å². The van der Waals surface area contributed by atoms with Crippen LogP contribution in [0.2, 0.25) is 0 Å². The fourth-order valence-electron chi connectivity index (χ4n) is 3.73. The molecule has 0 radical (unpaired) electrons. The zero-order chi connectivity index (χ0) is 18.1. The molecule has 132 valence electrons. The summed E-state index contributed by atoms with van der Waals surface area (Å²) in [6.45, 7) is 5.99. The Morgan fingerprint density at radius 3 is 2.65 bits per heavy atom. The lowest BCUT2D eigenvalue weighted by atomic mass is 10.0. The van der Waals surface area contributed by atoms with Gasteiger partial charge in [0.2, 0.25) is 0 Å². The Morgan fingerprint density at radius 1 is 1.12 bits per heavy atom. The highest BCUT2D eigenvalue weighted by atomic mass is 32.1. The van der Waals surface area contributed by atoms with Gasteiger partial charge in [0.15, 0.2) is 5.11 Å². The van der Waals surface area contributed by atoms with E-state index >= 15 is 0 Å². The van der Waals surface area contributed by atoms with Crippen LogP contribution in [0.1, 0.15) is 28.4 Å². The van der Waals surface area contributed by atoms with Crippen LogP contribution in [-0.2, 0) is 6.54 Å². The van der Waals surface area contributed by atoms with E-state index in [0.29, 0.717) is 0 Å². The van der Waals surface area contributed by atoms with E-state index in [9.17, 15) is 0 Å². The molecule has 0 fully saturated rings. The van der Waals surface area contributed by atoms with Crippen LogP contribution in [0.3, 0.4) is 0 Å². The number of nitrogens with one attached hydrogen (secondary N) is 1. The number of thiocarbonyl (C=S) groups is 1. The quantitative estimate of drug-likeness (QED) is 0.689. The van der Waals surface area contributed by atoms with E-state index in [-0.39, 0.29) is 6.04 Å². The number of anilines is 1. The maximum absolute atomic E-state index is 5.81. The minimum Gasteiger partial charge on any atom is -0.348 e. The molecule has 0 amide bonds. The van der Waals surface area contributed by atoms with Crippen LogP contribution in [0, 0.1) is 13.8 Å². The molecule has 0 bridgehead atoms. The highest BCUT2D eigenvalue weighted by Gasteiger charge is 2.30. The first-order chi connectivity index (χ1) is 12.6. The molecule has 1 aromatic carbocycles. The number of aryl methyl sites for hydroxylation is 2. The number of pyridine rings is 1. The third-order valence-corrected chi connectivity index (χ3v) is 5.11. The average molecular weight is 363 g/mol. The lowest BCUT2D eigenvalue weighted by Crippen LogP contribution is -2.44. The van der Waals surface area contributed by atoms with Crippen LogP contribution in [0.5, 0.6) is 0 Å². The van der Waals surface area contributed by atoms with Crippen molar-refractivity contribution < 1.29 is 0 Å². The molecule has 26 heavy (non-hydrogen) atoms. The zero-order valence-electron chi connectivity index (χ0n) is 15.0. The second kappa shape index (κ2) is 6.92. The number of benzene rings is 1. The van der Waals surface area contributed by atoms with Gasteiger partial charge >= 0.3 is 0 Å². The van der Waals surface area contributed by atoms with Crippen molar-refractivity contribution in [1.29, 1.82) is 0 Å². The molecular weight excluding hydrogens is 340 g/mol. The minimum atomic E-state index is 0.0679. The van der Waals surface area contributed by atoms with Gasteiger partial charge in [-0.3, -0.25) is 4.98 Å². The van der Waals surface area contributed by atoms with E-state index in [2.05, 4.69) is 76.2 Å². The monoisotopic (exact) mass is 362 g/mol. The van der Waals surface area contributed by atoms with Gasteiger partial charge in [-0.1, -0.05) is 12.1 Å². The van der Waals surface area contributed by atoms with Gasteiger partial charge in [-0.25, -0.2) is 0 Å². The molecule has 2 aromatic heterocycles. The van der Waals surface area contributed by atoms with Gasteiger partial charge in [-0.05, 0) is 73.1 Å². The molecule has 4 rings (SSSR count). The van der Waals surface area contributed by atoms with Crippen LogP contribution < -0.4 is 5.32 Å². The van der Waals surface area contributed by atoms with Gasteiger partial charge in [-0.15, -0.1) is 0 Å². The molecule has 1 N–H and O–H groups in total. The van der Waals surface area contributed by atoms with Crippen molar-refractivity contribution in [2.75, 3.05) is 11.9 Å². The molecule has 4 nitrogen and oxygen atoms in total. The fourth-order valence-corrected chi connectivity index (χ4v) is 4.05. The van der Waals surface area contributed by atoms with Gasteiger partial charge in [-0.2, -0.15) is 0 Å². The lowest BCUT2D eigenvalue weighted by Gasteiger charge is -2.39. The molecule has 0 unspecified atom stereocenters. The highest BCUT2D eigenvalue weighted by Crippen LogP contribution is 2.32. The molecule has 1 aliphatic rings. The molecule has 0 aliphatic carbocycles. The smallest absolute Gasteiger partial charge is 0.174 e. The predicted octanol–water partition coefficient (Wildman–Crippen LogP) is 4.30. The zero-order valence-corrected chi connectivity index (χ0v) is 15.8. The predicted molar refractivity (Wildman–Crippen MR) is 109 cm³/mol. The topological polar surface area (TPSA) is 33.1 Å². The third kappa shape index (κ3) is 3.22. The maximum Gasteiger partial charge on any atom is 0.174 e. The number of hydrogen-bond donors (Lipinski definition) is 1. The number of aromatic nitrogens is 2. The van der Waals surface area contributed by atoms with Crippen molar-refractivity contribution in [3.63, 3.8) is 0 Å². The summed E-state index contributed by atoms with van der Waals surface area (Å²) in [5, 5.41) is 4.19. The van der Waals surface area contributed by atoms with Gasteiger partial charge in [0.05, 0.1) is 6.04 Å². The minimum absolute atomic E-state index is 0.0679. The normalized spacial score (nSPS) is 16.2. The maximum atomic E-state index is 5.81. The number of nitrogens with zero attached hydrogens (tertiary/aromatic N) is 3. The van der Waals surface area contributed by atoms with Gasteiger partial charge in [0.1, 0.15) is 0 Å². The molecule has 0 saturated heterocycles. The van der Waals surface area contributed by atoms with Crippen molar-refractivity contribution in [2.45, 2.75) is 26.4 Å². The van der Waals surface area contributed by atoms with E-state index < -0.39 is 0 Å². The summed E-state index contributed by atoms with van der Waals surface area (Å²) in [5.74, 6) is 0. The van der Waals surface area contributed by atoms with Crippen LogP contribution in [0.25, 0.3) is 0 Å². The number of rotatable bonds is 2. The summed E-state index contributed by atoms with van der Waals surface area (Å²) >= 11 is 5.81. The van der Waals surface area contributed by atoms with Crippen molar-refractivity contribution in [1.82, 2.24) is 14.5 Å². The molecule has 3 aromatic rings. The van der Waals surface area contributed by atoms with E-state index in [0.717, 1.165) is 29.5 Å². The molecular formula is C21H22N4S. The summed E-state index contributed by atoms with van der Waals surface area (Å²) < 4.78 is 2.30. The summed E-state index contributed by atoms with van der Waals surface area (Å²) in [6, 6.07) is 14.9. The first-order valence-electron chi connectivity index (χ1n) is 8.83. The summed E-state index contributed by atoms with van der Waals surface area (Å²) in [7, 11) is 0. The van der Waals surface area contributed by atoms with Crippen LogP contribution in [0.15, 0.2) is 61.1 Å². The molecule has 1 atom stereocenters. The van der Waals surface area contributed by atoms with E-state index in [1.807, 2.05) is 18.5 Å². The van der Waals surface area contributed by atoms with Crippen molar-refractivity contribution >= 4 is 23.0 Å². The third-order valence-electron chi connectivity index (χ3n) is 4.77. The summed E-state index contributed by atoms with van der Waals surface area (Å²) in [5.41, 5.74) is 5.89. The van der Waals surface area contributed by atoms with Gasteiger partial charge in [0, 0.05) is 43.1 Å². The fraction of sp³-hybridized carbons (Fsp3) is 0.238. The number of fused-ring (bicyclic) bond motifs is 1. The molecule has 1 aliphatic heterocycles. The Morgan fingerprint density at radius 2 is 1.92 bits per heavy atom. The van der Waals surface area contributed by atoms with E-state index in [4.69, 9.17) is 12.2 Å². The molecule has 0 spiro atoms. The first kappa shape index (κ1) is 16.8. The number of hydrogen-bond acceptors (Lipinski definition) is 2. The summed E-state index contributed by atoms with van der Waals surface area (Å²) in [4.78, 5) is 6.58. The Kier molecular flexibility index (Phi) is 4.47. The Hall–Kier alpha value is -2.66. The van der Waals surface area contributed by atoms with Gasteiger partial charge < -0.3 is 14.8 Å². The second-order valence-electron chi connectivity index (χ2n) is 6.82. The Labute approximate surface area is 159 Å². The Bertz CT molecular complexity index is 912. The van der Waals surface area contributed by atoms with E-state index in [1.54, 1.807) is 0 Å². The largest absolute Gasteiger partial charge is 0.348 e. The first-order valence-corrected chi connectivity index (χ1v) is 9.23. The van der Waals surface area contributed by atoms with Crippen molar-refractivity contribution in [3.05, 3.63) is 83.4 Å². The van der Waals surface area contributed by atoms with Crippen molar-refractivity contribution in [3.8, 4) is 0 Å². The summed E-state index contributed by atoms with van der Waals surface area (Å²) in [6.07, 6.45) is 5.87. The molecule has 0 saturated carbocycles. The second-order valence-corrected chi connectivity index (χ2v) is 7.20. The van der Waals surface area contributed by atoms with Crippen LogP contribution in [0.4, 0.5) is 5.69 Å². The average Bonchev–Trinajstić information content (AvgIpc) is 3.09. The SMILES string of the molecule is Cc1cc(C)cc(NC(=S)N2CCn3cccc3[C@H]2c2cccnc2)c1. The molecule has 5 heteroatoms. The standard InChI is InChI=1S/C21H22N4S/c1-15-11-16(2)13-18(12-15)23-21(26)25-10-9-24-8-4-6-19(24)20(25)17-5-3-7-22-14-17/h3-8,11-14,20H,9-10H2,1-2H3,(H,23,26)/t20-/m1/s1. The lowest BCUT2D eigenvalue weighted by molar-refractivity contribution is 0.293. The van der Waals surface area contributed by atoms with Gasteiger partial charge in [0.25, 0.3) is 0 Å². The Balaban J connectivity index is 1.67. The van der Waals surface area contributed by atoms with Crippen LogP contribution in [-0.4, -0.2) is 26.1 Å². The van der Waals surface area contributed by atoms with Crippen LogP contribution >= 0.6 is 12.2 Å². The molecule has 3 heterocycles. The van der Waals surface area contributed by atoms with E-state index in [1.165, 1.54) is 16.8 Å². The highest BCUT2D eigenvalue weighted by molar-refractivity contribution is 7.80.